The lowest BCUT2D eigenvalue weighted by molar-refractivity contribution is 0.368. The Balaban J connectivity index is 2.78. The van der Waals surface area contributed by atoms with Gasteiger partial charge in [0.2, 0.25) is 0 Å². The summed E-state index contributed by atoms with van der Waals surface area (Å²) in [6, 6.07) is 2.15. The highest BCUT2D eigenvalue weighted by molar-refractivity contribution is 6.20. The number of hydrogen-bond acceptors (Lipinski definition) is 1. The van der Waals surface area contributed by atoms with E-state index in [9.17, 15) is 0 Å². The van der Waals surface area contributed by atoms with E-state index in [1.165, 1.54) is 5.69 Å². The lowest BCUT2D eigenvalue weighted by Crippen LogP contribution is -2.21. The topological polar surface area (TPSA) is 17.8 Å². The number of rotatable bonds is 4. The van der Waals surface area contributed by atoms with Gasteiger partial charge in [-0.05, 0) is 38.2 Å². The molecule has 0 aliphatic carbocycles. The largest absolute Gasteiger partial charge is 0.272 e. The third-order valence-electron chi connectivity index (χ3n) is 2.99. The summed E-state index contributed by atoms with van der Waals surface area (Å²) in [5.41, 5.74) is 2.36. The Morgan fingerprint density at radius 3 is 2.33 bits per heavy atom. The van der Waals surface area contributed by atoms with Gasteiger partial charge in [-0.15, -0.1) is 11.6 Å². The van der Waals surface area contributed by atoms with Crippen LogP contribution >= 0.6 is 11.6 Å². The van der Waals surface area contributed by atoms with Crippen molar-refractivity contribution < 1.29 is 0 Å². The normalized spacial score (nSPS) is 15.7. The zero-order valence-corrected chi connectivity index (χ0v) is 11.0. The molecule has 86 valence electrons. The smallest absolute Gasteiger partial charge is 0.0596 e. The van der Waals surface area contributed by atoms with Gasteiger partial charge in [0.1, 0.15) is 0 Å². The zero-order valence-electron chi connectivity index (χ0n) is 10.3. The predicted octanol–water partition coefficient (Wildman–Crippen LogP) is 3.17. The van der Waals surface area contributed by atoms with E-state index in [-0.39, 0.29) is 5.38 Å². The Morgan fingerprint density at radius 2 is 2.00 bits per heavy atom. The molecule has 0 aliphatic heterocycles. The highest BCUT2D eigenvalue weighted by Gasteiger charge is 2.20. The molecule has 0 bridgehead atoms. The second-order valence-electron chi connectivity index (χ2n) is 4.69. The van der Waals surface area contributed by atoms with E-state index in [0.29, 0.717) is 11.8 Å². The first-order chi connectivity index (χ1) is 6.91. The number of nitrogens with zero attached hydrogens (tertiary/aromatic N) is 2. The maximum atomic E-state index is 6.22. The molecule has 15 heavy (non-hydrogen) atoms. The van der Waals surface area contributed by atoms with Crippen LogP contribution in [0.5, 0.6) is 0 Å². The van der Waals surface area contributed by atoms with E-state index < -0.39 is 0 Å². The monoisotopic (exact) mass is 228 g/mol. The Kier molecular flexibility index (Phi) is 4.21. The minimum atomic E-state index is 0.209. The summed E-state index contributed by atoms with van der Waals surface area (Å²) < 4.78 is 1.96. The molecule has 0 spiro atoms. The van der Waals surface area contributed by atoms with Crippen LogP contribution < -0.4 is 0 Å². The minimum Gasteiger partial charge on any atom is -0.272 e. The third-order valence-corrected chi connectivity index (χ3v) is 3.31. The predicted molar refractivity (Wildman–Crippen MR) is 65.3 cm³/mol. The third kappa shape index (κ3) is 3.23. The van der Waals surface area contributed by atoms with Crippen LogP contribution in [0, 0.1) is 18.8 Å². The molecule has 2 unspecified atom stereocenters. The van der Waals surface area contributed by atoms with Gasteiger partial charge in [-0.25, -0.2) is 0 Å². The van der Waals surface area contributed by atoms with Crippen molar-refractivity contribution in [2.75, 3.05) is 0 Å². The zero-order chi connectivity index (χ0) is 11.6. The molecule has 3 heteroatoms. The van der Waals surface area contributed by atoms with Gasteiger partial charge in [0.05, 0.1) is 5.69 Å². The quantitative estimate of drug-likeness (QED) is 0.724. The van der Waals surface area contributed by atoms with Crippen molar-refractivity contribution in [1.82, 2.24) is 9.78 Å². The Hall–Kier alpha value is -0.500. The highest BCUT2D eigenvalue weighted by Crippen LogP contribution is 2.24. The van der Waals surface area contributed by atoms with E-state index >= 15 is 0 Å². The van der Waals surface area contributed by atoms with E-state index in [0.717, 1.165) is 12.1 Å². The summed E-state index contributed by atoms with van der Waals surface area (Å²) in [6.07, 6.45) is 1.01. The van der Waals surface area contributed by atoms with E-state index in [4.69, 9.17) is 11.6 Å². The van der Waals surface area contributed by atoms with Crippen molar-refractivity contribution in [3.63, 3.8) is 0 Å². The van der Waals surface area contributed by atoms with Crippen molar-refractivity contribution in [2.24, 2.45) is 18.9 Å². The summed E-state index contributed by atoms with van der Waals surface area (Å²) in [5, 5.41) is 4.56. The van der Waals surface area contributed by atoms with Gasteiger partial charge < -0.3 is 0 Å². The number of alkyl halides is 1. The molecule has 1 aromatic heterocycles. The number of aryl methyl sites for hydroxylation is 2. The fourth-order valence-electron chi connectivity index (χ4n) is 2.03. The first-order valence-corrected chi connectivity index (χ1v) is 5.99. The van der Waals surface area contributed by atoms with Crippen LogP contribution in [-0.4, -0.2) is 15.2 Å². The summed E-state index contributed by atoms with van der Waals surface area (Å²) in [5.74, 6) is 1.12. The molecule has 0 amide bonds. The number of halogens is 1. The van der Waals surface area contributed by atoms with Crippen molar-refractivity contribution in [3.8, 4) is 0 Å². The fourth-order valence-corrected chi connectivity index (χ4v) is 2.41. The van der Waals surface area contributed by atoms with Crippen LogP contribution in [0.4, 0.5) is 0 Å². The van der Waals surface area contributed by atoms with E-state index in [2.05, 4.69) is 31.9 Å². The average molecular weight is 229 g/mol. The van der Waals surface area contributed by atoms with Crippen LogP contribution in [0.15, 0.2) is 6.07 Å². The second-order valence-corrected chi connectivity index (χ2v) is 5.38. The molecule has 0 aromatic carbocycles. The fraction of sp³-hybridized carbons (Fsp3) is 0.750. The van der Waals surface area contributed by atoms with Gasteiger partial charge in [-0.3, -0.25) is 4.68 Å². The lowest BCUT2D eigenvalue weighted by Gasteiger charge is -2.23. The van der Waals surface area contributed by atoms with Crippen LogP contribution in [0.3, 0.4) is 0 Å². The molecule has 0 radical (unpaired) electrons. The van der Waals surface area contributed by atoms with E-state index in [1.807, 2.05) is 18.7 Å². The number of hydrogen-bond donors (Lipinski definition) is 0. The molecular weight excluding hydrogens is 208 g/mol. The van der Waals surface area contributed by atoms with Crippen LogP contribution in [0.1, 0.15) is 32.2 Å². The molecule has 0 fully saturated rings. The van der Waals surface area contributed by atoms with Gasteiger partial charge in [0.25, 0.3) is 0 Å². The number of aromatic nitrogens is 2. The minimum absolute atomic E-state index is 0.209. The van der Waals surface area contributed by atoms with Crippen molar-refractivity contribution in [2.45, 2.75) is 39.5 Å². The Morgan fingerprint density at radius 1 is 1.40 bits per heavy atom. The standard InChI is InChI=1S/C12H21ClN2/c1-8(2)12(10(4)13)7-11-6-9(3)14-15(11)5/h6,8,10,12H,7H2,1-5H3. The molecule has 2 atom stereocenters. The molecule has 0 aliphatic rings. The van der Waals surface area contributed by atoms with Gasteiger partial charge in [-0.2, -0.15) is 5.10 Å². The lowest BCUT2D eigenvalue weighted by atomic mass is 9.88. The Labute approximate surface area is 97.6 Å². The molecule has 0 saturated carbocycles. The van der Waals surface area contributed by atoms with E-state index in [1.54, 1.807) is 0 Å². The summed E-state index contributed by atoms with van der Waals surface area (Å²) in [4.78, 5) is 0. The molecule has 0 N–H and O–H groups in total. The summed E-state index contributed by atoms with van der Waals surface area (Å²) in [7, 11) is 2.00. The highest BCUT2D eigenvalue weighted by atomic mass is 35.5. The molecule has 1 aromatic rings. The average Bonchev–Trinajstić information content (AvgIpc) is 2.39. The van der Waals surface area contributed by atoms with Crippen molar-refractivity contribution in [3.05, 3.63) is 17.5 Å². The Bertz CT molecular complexity index is 307. The first kappa shape index (κ1) is 12.6. The van der Waals surface area contributed by atoms with Crippen molar-refractivity contribution in [1.29, 1.82) is 0 Å². The van der Waals surface area contributed by atoms with Crippen LogP contribution in [0.25, 0.3) is 0 Å². The maximum Gasteiger partial charge on any atom is 0.0596 e. The van der Waals surface area contributed by atoms with Gasteiger partial charge in [0.15, 0.2) is 0 Å². The van der Waals surface area contributed by atoms with Crippen LogP contribution in [0.2, 0.25) is 0 Å². The maximum absolute atomic E-state index is 6.22. The summed E-state index contributed by atoms with van der Waals surface area (Å²) in [6.45, 7) is 8.56. The SMILES string of the molecule is Cc1cc(CC(C(C)C)C(C)Cl)n(C)n1. The van der Waals surface area contributed by atoms with Gasteiger partial charge in [-0.1, -0.05) is 13.8 Å². The molecular formula is C12H21ClN2. The first-order valence-electron chi connectivity index (χ1n) is 5.55. The van der Waals surface area contributed by atoms with Gasteiger partial charge in [0, 0.05) is 18.1 Å². The second kappa shape index (κ2) is 5.02. The van der Waals surface area contributed by atoms with Gasteiger partial charge >= 0.3 is 0 Å². The summed E-state index contributed by atoms with van der Waals surface area (Å²) >= 11 is 6.22. The molecule has 1 rings (SSSR count). The molecule has 0 saturated heterocycles. The van der Waals surface area contributed by atoms with Crippen molar-refractivity contribution >= 4 is 11.6 Å². The van der Waals surface area contributed by atoms with Crippen LogP contribution in [-0.2, 0) is 13.5 Å². The molecule has 1 heterocycles. The molecule has 2 nitrogen and oxygen atoms in total.